The van der Waals surface area contributed by atoms with Crippen molar-refractivity contribution in [3.8, 4) is 11.4 Å². The van der Waals surface area contributed by atoms with E-state index in [1.54, 1.807) is 13.1 Å². The predicted octanol–water partition coefficient (Wildman–Crippen LogP) is 4.89. The highest BCUT2D eigenvalue weighted by Crippen LogP contribution is 2.31. The molecule has 0 saturated heterocycles. The number of ether oxygens (including phenoxy) is 1. The summed E-state index contributed by atoms with van der Waals surface area (Å²) in [4.78, 5) is 15.1. The van der Waals surface area contributed by atoms with Gasteiger partial charge in [0.1, 0.15) is 0 Å². The van der Waals surface area contributed by atoms with Gasteiger partial charge >= 0.3 is 6.18 Å². The minimum atomic E-state index is -4.48. The molecule has 0 aliphatic rings. The lowest BCUT2D eigenvalue weighted by Crippen LogP contribution is -2.26. The maximum Gasteiger partial charge on any atom is 0.416 e. The molecule has 0 radical (unpaired) electrons. The molecule has 0 bridgehead atoms. The summed E-state index contributed by atoms with van der Waals surface area (Å²) < 4.78 is 45.9. The minimum Gasteiger partial charge on any atom is -0.493 e. The van der Waals surface area contributed by atoms with E-state index in [0.29, 0.717) is 10.9 Å². The zero-order chi connectivity index (χ0) is 20.5. The van der Waals surface area contributed by atoms with Crippen LogP contribution in [-0.2, 0) is 12.7 Å². The molecule has 1 amide bonds. The Balaban J connectivity index is 1.89. The fraction of sp³-hybridized carbons (Fsp3) is 0.222. The number of amides is 1. The maximum absolute atomic E-state index is 13.0. The zero-order valence-corrected chi connectivity index (χ0v) is 16.4. The zero-order valence-electron chi connectivity index (χ0n) is 14.8. The van der Waals surface area contributed by atoms with Gasteiger partial charge in [0.25, 0.3) is 5.91 Å². The molecule has 0 fully saturated rings. The third kappa shape index (κ3) is 4.31. The third-order valence-electron chi connectivity index (χ3n) is 3.91. The van der Waals surface area contributed by atoms with Crippen molar-refractivity contribution in [3.63, 3.8) is 0 Å². The summed E-state index contributed by atoms with van der Waals surface area (Å²) in [5.41, 5.74) is -0.635. The molecule has 3 rings (SSSR count). The van der Waals surface area contributed by atoms with Gasteiger partial charge in [-0.05, 0) is 30.3 Å². The summed E-state index contributed by atoms with van der Waals surface area (Å²) in [6.07, 6.45) is -3.10. The molecule has 0 saturated carbocycles. The molecular weight excluding hydrogens is 415 g/mol. The number of alkyl halides is 3. The average Bonchev–Trinajstić information content (AvgIpc) is 3.26. The predicted molar refractivity (Wildman–Crippen MR) is 100 cm³/mol. The van der Waals surface area contributed by atoms with Gasteiger partial charge in [-0.25, -0.2) is 4.68 Å². The van der Waals surface area contributed by atoms with E-state index in [1.165, 1.54) is 46.4 Å². The number of rotatable bonds is 5. The van der Waals surface area contributed by atoms with Crippen LogP contribution in [0, 0.1) is 0 Å². The second-order valence-electron chi connectivity index (χ2n) is 5.91. The van der Waals surface area contributed by atoms with Gasteiger partial charge in [0.15, 0.2) is 11.4 Å². The summed E-state index contributed by atoms with van der Waals surface area (Å²) in [7, 11) is 2.96. The molecule has 5 nitrogen and oxygen atoms in total. The van der Waals surface area contributed by atoms with Crippen LogP contribution in [0.5, 0.6) is 5.75 Å². The fourth-order valence-electron chi connectivity index (χ4n) is 2.54. The van der Waals surface area contributed by atoms with Crippen molar-refractivity contribution in [2.24, 2.45) is 0 Å². The lowest BCUT2D eigenvalue weighted by molar-refractivity contribution is -0.137. The van der Waals surface area contributed by atoms with Crippen LogP contribution >= 0.6 is 22.9 Å². The lowest BCUT2D eigenvalue weighted by atomic mass is 10.2. The van der Waals surface area contributed by atoms with Gasteiger partial charge in [0.2, 0.25) is 0 Å². The third-order valence-corrected chi connectivity index (χ3v) is 5.13. The topological polar surface area (TPSA) is 47.4 Å². The second-order valence-corrected chi connectivity index (χ2v) is 7.71. The van der Waals surface area contributed by atoms with Crippen molar-refractivity contribution >= 4 is 28.8 Å². The molecule has 148 valence electrons. The van der Waals surface area contributed by atoms with E-state index in [9.17, 15) is 18.0 Å². The van der Waals surface area contributed by atoms with Crippen LogP contribution in [0.3, 0.4) is 0 Å². The second kappa shape index (κ2) is 7.84. The maximum atomic E-state index is 13.0. The van der Waals surface area contributed by atoms with Crippen molar-refractivity contribution in [2.45, 2.75) is 12.7 Å². The molecule has 0 aliphatic carbocycles. The Morgan fingerprint density at radius 1 is 1.32 bits per heavy atom. The molecule has 0 aliphatic heterocycles. The summed E-state index contributed by atoms with van der Waals surface area (Å²) in [6, 6.07) is 8.22. The number of aromatic nitrogens is 2. The van der Waals surface area contributed by atoms with Gasteiger partial charge in [-0.1, -0.05) is 17.7 Å². The smallest absolute Gasteiger partial charge is 0.416 e. The summed E-state index contributed by atoms with van der Waals surface area (Å²) in [5, 5.41) is 4.15. The van der Waals surface area contributed by atoms with Crippen LogP contribution in [0.15, 0.2) is 42.6 Å². The summed E-state index contributed by atoms with van der Waals surface area (Å²) >= 11 is 7.26. The number of hydrogen-bond donors (Lipinski definition) is 0. The van der Waals surface area contributed by atoms with Gasteiger partial charge < -0.3 is 9.64 Å². The first-order chi connectivity index (χ1) is 13.2. The Labute approximate surface area is 167 Å². The van der Waals surface area contributed by atoms with Gasteiger partial charge in [-0.2, -0.15) is 18.3 Å². The number of carbonyl (C=O) groups is 1. The highest BCUT2D eigenvalue weighted by atomic mass is 35.5. The molecule has 10 heteroatoms. The van der Waals surface area contributed by atoms with Gasteiger partial charge in [0.05, 0.1) is 35.4 Å². The largest absolute Gasteiger partial charge is 0.493 e. The van der Waals surface area contributed by atoms with Crippen LogP contribution in [0.4, 0.5) is 13.2 Å². The Hall–Kier alpha value is -2.52. The lowest BCUT2D eigenvalue weighted by Gasteiger charge is -2.15. The molecule has 0 atom stereocenters. The highest BCUT2D eigenvalue weighted by molar-refractivity contribution is 7.16. The van der Waals surface area contributed by atoms with Crippen molar-refractivity contribution in [1.29, 1.82) is 0 Å². The average molecular weight is 430 g/mol. The van der Waals surface area contributed by atoms with Gasteiger partial charge in [-0.3, -0.25) is 4.79 Å². The van der Waals surface area contributed by atoms with Gasteiger partial charge in [-0.15, -0.1) is 11.3 Å². The van der Waals surface area contributed by atoms with Crippen LogP contribution in [0.2, 0.25) is 4.34 Å². The van der Waals surface area contributed by atoms with E-state index in [1.807, 2.05) is 6.07 Å². The molecule has 2 aromatic heterocycles. The van der Waals surface area contributed by atoms with Crippen molar-refractivity contribution in [3.05, 3.63) is 63.1 Å². The molecule has 0 N–H and O–H groups in total. The Kier molecular flexibility index (Phi) is 5.66. The first kappa shape index (κ1) is 20.2. The van der Waals surface area contributed by atoms with Crippen molar-refractivity contribution in [1.82, 2.24) is 14.7 Å². The number of nitrogens with zero attached hydrogens (tertiary/aromatic N) is 3. The van der Waals surface area contributed by atoms with Crippen molar-refractivity contribution < 1.29 is 22.7 Å². The fourth-order valence-corrected chi connectivity index (χ4v) is 3.68. The number of hydrogen-bond acceptors (Lipinski definition) is 4. The van der Waals surface area contributed by atoms with Crippen LogP contribution in [0.25, 0.3) is 5.69 Å². The molecule has 28 heavy (non-hydrogen) atoms. The van der Waals surface area contributed by atoms with Crippen molar-refractivity contribution in [2.75, 3.05) is 14.2 Å². The van der Waals surface area contributed by atoms with E-state index in [-0.39, 0.29) is 17.1 Å². The van der Waals surface area contributed by atoms with E-state index in [0.717, 1.165) is 17.0 Å². The number of methoxy groups -OCH3 is 1. The molecule has 0 unspecified atom stereocenters. The van der Waals surface area contributed by atoms with E-state index < -0.39 is 17.6 Å². The summed E-state index contributed by atoms with van der Waals surface area (Å²) in [6.45, 7) is 0.315. The number of halogens is 4. The van der Waals surface area contributed by atoms with Crippen LogP contribution in [-0.4, -0.2) is 34.7 Å². The first-order valence-electron chi connectivity index (χ1n) is 8.00. The molecular formula is C18H15ClF3N3O2S. The Bertz CT molecular complexity index is 1000. The molecule has 3 aromatic rings. The van der Waals surface area contributed by atoms with E-state index in [4.69, 9.17) is 16.3 Å². The Morgan fingerprint density at radius 2 is 2.07 bits per heavy atom. The number of thiophene rings is 1. The Morgan fingerprint density at radius 3 is 2.68 bits per heavy atom. The normalized spacial score (nSPS) is 11.5. The quantitative estimate of drug-likeness (QED) is 0.580. The molecule has 2 heterocycles. The monoisotopic (exact) mass is 429 g/mol. The molecule has 1 aromatic carbocycles. The number of carbonyl (C=O) groups excluding carboxylic acids is 1. The van der Waals surface area contributed by atoms with Gasteiger partial charge in [0, 0.05) is 11.9 Å². The van der Waals surface area contributed by atoms with Crippen LogP contribution < -0.4 is 4.74 Å². The van der Waals surface area contributed by atoms with E-state index >= 15 is 0 Å². The number of benzene rings is 1. The summed E-state index contributed by atoms with van der Waals surface area (Å²) in [5.74, 6) is -0.259. The molecule has 0 spiro atoms. The SMILES string of the molecule is COc1cn(-c2cccc(C(F)(F)F)c2)nc1C(=O)N(C)Cc1ccc(Cl)s1. The van der Waals surface area contributed by atoms with E-state index in [2.05, 4.69) is 5.10 Å². The highest BCUT2D eigenvalue weighted by Gasteiger charge is 2.31. The first-order valence-corrected chi connectivity index (χ1v) is 9.19. The standard InChI is InChI=1S/C18H15ClF3N3O2S/c1-24(9-13-6-7-15(19)28-13)17(26)16-14(27-2)10-25(23-16)12-5-3-4-11(8-12)18(20,21)22/h3-8,10H,9H2,1-2H3. The minimum absolute atomic E-state index is 0.00469. The van der Waals surface area contributed by atoms with Crippen LogP contribution in [0.1, 0.15) is 20.9 Å².